The van der Waals surface area contributed by atoms with Crippen molar-refractivity contribution in [3.63, 3.8) is 0 Å². The minimum Gasteiger partial charge on any atom is -0.457 e. The summed E-state index contributed by atoms with van der Waals surface area (Å²) in [7, 11) is 0. The molecule has 2 aromatic heterocycles. The summed E-state index contributed by atoms with van der Waals surface area (Å²) in [6, 6.07) is 8.78. The van der Waals surface area contributed by atoms with Gasteiger partial charge in [0.15, 0.2) is 0 Å². The quantitative estimate of drug-likeness (QED) is 0.536. The smallest absolute Gasteiger partial charge is 0.357 e. The lowest BCUT2D eigenvalue weighted by molar-refractivity contribution is -0.386. The highest BCUT2D eigenvalue weighted by Crippen LogP contribution is 2.28. The van der Waals surface area contributed by atoms with Crippen LogP contribution in [0.15, 0.2) is 44.3 Å². The predicted octanol–water partition coefficient (Wildman–Crippen LogP) is 3.36. The van der Waals surface area contributed by atoms with Gasteiger partial charge in [0.05, 0.1) is 4.92 Å². The van der Waals surface area contributed by atoms with E-state index in [1.807, 2.05) is 18.0 Å². The van der Waals surface area contributed by atoms with E-state index in [4.69, 9.17) is 16.0 Å². The Labute approximate surface area is 150 Å². The van der Waals surface area contributed by atoms with E-state index in [2.05, 4.69) is 4.98 Å². The first-order valence-electron chi connectivity index (χ1n) is 7.40. The summed E-state index contributed by atoms with van der Waals surface area (Å²) in [6.07, 6.45) is 2.66. The van der Waals surface area contributed by atoms with E-state index >= 15 is 0 Å². The highest BCUT2D eigenvalue weighted by molar-refractivity contribution is 6.30. The number of aryl methyl sites for hydroxylation is 1. The molecule has 0 bridgehead atoms. The van der Waals surface area contributed by atoms with Gasteiger partial charge < -0.3 is 9.40 Å². The van der Waals surface area contributed by atoms with Crippen LogP contribution in [-0.4, -0.2) is 14.9 Å². The van der Waals surface area contributed by atoms with Gasteiger partial charge in [-0.2, -0.15) is 0 Å². The number of aromatic nitrogens is 2. The van der Waals surface area contributed by atoms with Crippen LogP contribution in [0.2, 0.25) is 5.02 Å². The van der Waals surface area contributed by atoms with E-state index in [9.17, 15) is 19.7 Å². The van der Waals surface area contributed by atoms with Gasteiger partial charge in [-0.15, -0.1) is 0 Å². The molecular weight excluding hydrogens is 362 g/mol. The average Bonchev–Trinajstić information content (AvgIpc) is 3.03. The number of nitrogens with zero attached hydrogens (tertiary/aromatic N) is 1. The summed E-state index contributed by atoms with van der Waals surface area (Å²) in [5, 5.41) is 11.6. The van der Waals surface area contributed by atoms with Crippen LogP contribution in [0.4, 0.5) is 5.69 Å². The average molecular weight is 374 g/mol. The second-order valence-electron chi connectivity index (χ2n) is 5.42. The number of nitrogens with one attached hydrogen (secondary N) is 2. The van der Waals surface area contributed by atoms with Crippen molar-refractivity contribution < 1.29 is 9.34 Å². The first-order valence-corrected chi connectivity index (χ1v) is 7.78. The molecule has 2 N–H and O–H groups in total. The lowest BCUT2D eigenvalue weighted by atomic mass is 10.1. The van der Waals surface area contributed by atoms with Gasteiger partial charge in [-0.05, 0) is 48.9 Å². The number of hydrogen-bond acceptors (Lipinski definition) is 5. The van der Waals surface area contributed by atoms with E-state index in [1.54, 1.807) is 24.3 Å². The molecule has 132 valence electrons. The van der Waals surface area contributed by atoms with Crippen molar-refractivity contribution >= 4 is 29.4 Å². The highest BCUT2D eigenvalue weighted by atomic mass is 35.5. The fourth-order valence-corrected chi connectivity index (χ4v) is 2.58. The van der Waals surface area contributed by atoms with Crippen molar-refractivity contribution in [2.45, 2.75) is 6.92 Å². The minimum atomic E-state index is -1.08. The van der Waals surface area contributed by atoms with Crippen molar-refractivity contribution in [3.05, 3.63) is 83.3 Å². The van der Waals surface area contributed by atoms with Gasteiger partial charge in [0.25, 0.3) is 0 Å². The van der Waals surface area contributed by atoms with Crippen LogP contribution < -0.4 is 11.2 Å². The molecule has 0 amide bonds. The number of halogens is 1. The van der Waals surface area contributed by atoms with Gasteiger partial charge in [-0.25, -0.2) is 4.79 Å². The molecule has 2 heterocycles. The third kappa shape index (κ3) is 3.50. The molecule has 8 nitrogen and oxygen atoms in total. The predicted molar refractivity (Wildman–Crippen MR) is 97.2 cm³/mol. The number of H-pyrrole nitrogens is 2. The monoisotopic (exact) mass is 373 g/mol. The molecule has 0 radical (unpaired) electrons. The third-order valence-electron chi connectivity index (χ3n) is 3.63. The summed E-state index contributed by atoms with van der Waals surface area (Å²) in [5.41, 5.74) is -1.11. The molecule has 0 saturated carbocycles. The van der Waals surface area contributed by atoms with Gasteiger partial charge >= 0.3 is 16.9 Å². The Morgan fingerprint density at radius 2 is 1.92 bits per heavy atom. The molecule has 0 atom stereocenters. The molecule has 0 saturated heterocycles. The molecule has 1 aromatic carbocycles. The molecule has 9 heteroatoms. The Morgan fingerprint density at radius 3 is 2.65 bits per heavy atom. The maximum Gasteiger partial charge on any atom is 0.357 e. The van der Waals surface area contributed by atoms with Crippen molar-refractivity contribution in [3.8, 4) is 11.3 Å². The van der Waals surface area contributed by atoms with Crippen molar-refractivity contribution in [2.24, 2.45) is 0 Å². The standard InChI is InChI=1S/C17H12ClN3O5/c1-9-2-3-10(18)8-12(9)14-7-5-11(26-14)4-6-13-15(21(24)25)16(22)20-17(23)19-13/h2-8H,1H3,(H2,19,20,22,23)/b6-4+. The lowest BCUT2D eigenvalue weighted by Crippen LogP contribution is -2.25. The second kappa shape index (κ2) is 6.85. The number of rotatable bonds is 4. The molecular formula is C17H12ClN3O5. The molecule has 0 fully saturated rings. The molecule has 3 rings (SSSR count). The molecule has 0 aliphatic carbocycles. The Hall–Kier alpha value is -3.39. The maximum absolute atomic E-state index is 11.6. The first kappa shape index (κ1) is 17.4. The minimum absolute atomic E-state index is 0.222. The summed E-state index contributed by atoms with van der Waals surface area (Å²) in [5.74, 6) is 0.952. The molecule has 3 aromatic rings. The van der Waals surface area contributed by atoms with Crippen molar-refractivity contribution in [1.82, 2.24) is 9.97 Å². The second-order valence-corrected chi connectivity index (χ2v) is 5.86. The van der Waals surface area contributed by atoms with Crippen molar-refractivity contribution in [1.29, 1.82) is 0 Å². The highest BCUT2D eigenvalue weighted by Gasteiger charge is 2.19. The fourth-order valence-electron chi connectivity index (χ4n) is 2.41. The van der Waals surface area contributed by atoms with E-state index in [0.29, 0.717) is 16.5 Å². The van der Waals surface area contributed by atoms with Crippen LogP contribution in [-0.2, 0) is 0 Å². The number of furan rings is 1. The van der Waals surface area contributed by atoms with Crippen LogP contribution in [0.5, 0.6) is 0 Å². The van der Waals surface area contributed by atoms with Crippen LogP contribution in [0, 0.1) is 17.0 Å². The van der Waals surface area contributed by atoms with Crippen LogP contribution in [0.1, 0.15) is 17.0 Å². The maximum atomic E-state index is 11.6. The van der Waals surface area contributed by atoms with E-state index in [0.717, 1.165) is 11.1 Å². The zero-order valence-corrected chi connectivity index (χ0v) is 14.2. The summed E-state index contributed by atoms with van der Waals surface area (Å²) in [6.45, 7) is 1.91. The third-order valence-corrected chi connectivity index (χ3v) is 3.87. The topological polar surface area (TPSA) is 122 Å². The summed E-state index contributed by atoms with van der Waals surface area (Å²) >= 11 is 6.01. The lowest BCUT2D eigenvalue weighted by Gasteiger charge is -2.02. The summed E-state index contributed by atoms with van der Waals surface area (Å²) < 4.78 is 5.69. The molecule has 0 aliphatic rings. The molecule has 0 aliphatic heterocycles. The largest absolute Gasteiger partial charge is 0.457 e. The zero-order valence-electron chi connectivity index (χ0n) is 13.4. The normalized spacial score (nSPS) is 11.2. The number of nitro groups is 1. The fraction of sp³-hybridized carbons (Fsp3) is 0.0588. The zero-order chi connectivity index (χ0) is 18.8. The number of hydrogen-bond donors (Lipinski definition) is 2. The van der Waals surface area contributed by atoms with E-state index in [1.165, 1.54) is 12.2 Å². The molecule has 0 spiro atoms. The van der Waals surface area contributed by atoms with Gasteiger partial charge in [0.1, 0.15) is 17.2 Å². The van der Waals surface area contributed by atoms with E-state index < -0.39 is 21.9 Å². The molecule has 26 heavy (non-hydrogen) atoms. The van der Waals surface area contributed by atoms with Crippen LogP contribution >= 0.6 is 11.6 Å². The van der Waals surface area contributed by atoms with Crippen LogP contribution in [0.25, 0.3) is 23.5 Å². The van der Waals surface area contributed by atoms with Gasteiger partial charge in [0.2, 0.25) is 0 Å². The van der Waals surface area contributed by atoms with Gasteiger partial charge in [-0.1, -0.05) is 17.7 Å². The van der Waals surface area contributed by atoms with Gasteiger partial charge in [-0.3, -0.25) is 19.9 Å². The van der Waals surface area contributed by atoms with Gasteiger partial charge in [0, 0.05) is 10.6 Å². The Kier molecular flexibility index (Phi) is 4.59. The Bertz CT molecular complexity index is 1140. The summed E-state index contributed by atoms with van der Waals surface area (Å²) in [4.78, 5) is 37.1. The van der Waals surface area contributed by atoms with Crippen LogP contribution in [0.3, 0.4) is 0 Å². The number of benzene rings is 1. The molecule has 0 unspecified atom stereocenters. The first-order chi connectivity index (χ1) is 12.3. The SMILES string of the molecule is Cc1ccc(Cl)cc1-c1ccc(/C=C/c2[nH]c(=O)[nH]c(=O)c2[N+](=O)[O-])o1. The van der Waals surface area contributed by atoms with Crippen molar-refractivity contribution in [2.75, 3.05) is 0 Å². The number of aromatic amines is 2. The Morgan fingerprint density at radius 1 is 1.15 bits per heavy atom. The Balaban J connectivity index is 1.98. The van der Waals surface area contributed by atoms with E-state index in [-0.39, 0.29) is 5.69 Å².